The Hall–Kier alpha value is -1.17. The summed E-state index contributed by atoms with van der Waals surface area (Å²) in [5.41, 5.74) is 0. The van der Waals surface area contributed by atoms with Gasteiger partial charge in [0.1, 0.15) is 0 Å². The fourth-order valence-electron chi connectivity index (χ4n) is 1.75. The normalized spacial score (nSPS) is 24.1. The highest BCUT2D eigenvalue weighted by Gasteiger charge is 2.28. The average Bonchev–Trinajstić information content (AvgIpc) is 2.73. The SMILES string of the molecule is O=Cc1cnc(CC2CCS(=O)(=O)C2)o1. The summed E-state index contributed by atoms with van der Waals surface area (Å²) in [6, 6.07) is 0. The Morgan fingerprint density at radius 2 is 2.40 bits per heavy atom. The third kappa shape index (κ3) is 2.44. The molecule has 0 N–H and O–H groups in total. The van der Waals surface area contributed by atoms with Crippen LogP contribution in [0.15, 0.2) is 10.6 Å². The topological polar surface area (TPSA) is 77.2 Å². The number of aldehydes is 1. The molecule has 1 fully saturated rings. The van der Waals surface area contributed by atoms with Gasteiger partial charge in [-0.05, 0) is 12.3 Å². The van der Waals surface area contributed by atoms with Crippen LogP contribution in [0.3, 0.4) is 0 Å². The van der Waals surface area contributed by atoms with Crippen LogP contribution >= 0.6 is 0 Å². The summed E-state index contributed by atoms with van der Waals surface area (Å²) in [6.45, 7) is 0. The number of hydrogen-bond donors (Lipinski definition) is 0. The maximum atomic E-state index is 11.2. The summed E-state index contributed by atoms with van der Waals surface area (Å²) in [7, 11) is -2.85. The lowest BCUT2D eigenvalue weighted by atomic mass is 10.1. The van der Waals surface area contributed by atoms with Crippen molar-refractivity contribution in [3.8, 4) is 0 Å². The molecule has 0 aliphatic carbocycles. The number of oxazole rings is 1. The lowest BCUT2D eigenvalue weighted by Crippen LogP contribution is -2.07. The summed E-state index contributed by atoms with van der Waals surface area (Å²) in [6.07, 6.45) is 3.09. The first-order chi connectivity index (χ1) is 7.09. The van der Waals surface area contributed by atoms with Crippen LogP contribution in [0.2, 0.25) is 0 Å². The zero-order valence-corrected chi connectivity index (χ0v) is 8.87. The minimum atomic E-state index is -2.85. The van der Waals surface area contributed by atoms with Gasteiger partial charge < -0.3 is 4.42 Å². The van der Waals surface area contributed by atoms with Crippen LogP contribution in [0.5, 0.6) is 0 Å². The highest BCUT2D eigenvalue weighted by molar-refractivity contribution is 7.91. The van der Waals surface area contributed by atoms with Crippen molar-refractivity contribution in [2.45, 2.75) is 12.8 Å². The number of aromatic nitrogens is 1. The molecule has 1 aliphatic rings. The van der Waals surface area contributed by atoms with Crippen molar-refractivity contribution in [2.75, 3.05) is 11.5 Å². The van der Waals surface area contributed by atoms with Crippen molar-refractivity contribution >= 4 is 16.1 Å². The first-order valence-corrected chi connectivity index (χ1v) is 6.51. The third-order valence-electron chi connectivity index (χ3n) is 2.48. The van der Waals surface area contributed by atoms with E-state index in [-0.39, 0.29) is 23.2 Å². The molecule has 6 heteroatoms. The lowest BCUT2D eigenvalue weighted by Gasteiger charge is -2.02. The number of carbonyl (C=O) groups excluding carboxylic acids is 1. The van der Waals surface area contributed by atoms with E-state index in [1.807, 2.05) is 0 Å². The van der Waals surface area contributed by atoms with Gasteiger partial charge in [0.2, 0.25) is 0 Å². The van der Waals surface area contributed by atoms with Gasteiger partial charge in [0.25, 0.3) is 0 Å². The van der Waals surface area contributed by atoms with Gasteiger partial charge in [-0.15, -0.1) is 0 Å². The Kier molecular flexibility index (Phi) is 2.60. The first kappa shape index (κ1) is 10.4. The van der Waals surface area contributed by atoms with Gasteiger partial charge >= 0.3 is 0 Å². The largest absolute Gasteiger partial charge is 0.438 e. The summed E-state index contributed by atoms with van der Waals surface area (Å²) in [5.74, 6) is 1.16. The van der Waals surface area contributed by atoms with Gasteiger partial charge in [0.05, 0.1) is 17.7 Å². The van der Waals surface area contributed by atoms with E-state index in [4.69, 9.17) is 4.42 Å². The molecule has 1 atom stereocenters. The molecule has 0 saturated carbocycles. The van der Waals surface area contributed by atoms with E-state index < -0.39 is 9.84 Å². The van der Waals surface area contributed by atoms with Gasteiger partial charge in [0, 0.05) is 6.42 Å². The Labute approximate surface area is 87.4 Å². The molecule has 0 amide bonds. The first-order valence-electron chi connectivity index (χ1n) is 4.69. The van der Waals surface area contributed by atoms with Crippen molar-refractivity contribution < 1.29 is 17.6 Å². The monoisotopic (exact) mass is 229 g/mol. The fraction of sp³-hybridized carbons (Fsp3) is 0.556. The van der Waals surface area contributed by atoms with Gasteiger partial charge in [-0.25, -0.2) is 13.4 Å². The smallest absolute Gasteiger partial charge is 0.195 e. The predicted octanol–water partition coefficient (Wildman–Crippen LogP) is 0.464. The molecule has 0 bridgehead atoms. The molecule has 0 radical (unpaired) electrons. The standard InChI is InChI=1S/C9H11NO4S/c11-5-8-4-10-9(14-8)3-7-1-2-15(12,13)6-7/h4-5,7H,1-3,6H2. The second kappa shape index (κ2) is 3.77. The van der Waals surface area contributed by atoms with Gasteiger partial charge in [-0.1, -0.05) is 0 Å². The van der Waals surface area contributed by atoms with Gasteiger partial charge in [-0.3, -0.25) is 4.79 Å². The van der Waals surface area contributed by atoms with Gasteiger partial charge in [-0.2, -0.15) is 0 Å². The summed E-state index contributed by atoms with van der Waals surface area (Å²) < 4.78 is 27.5. The molecule has 5 nitrogen and oxygen atoms in total. The van der Waals surface area contributed by atoms with Crippen LogP contribution in [-0.2, 0) is 16.3 Å². The van der Waals surface area contributed by atoms with E-state index in [0.29, 0.717) is 25.0 Å². The fourth-order valence-corrected chi connectivity index (χ4v) is 3.62. The van der Waals surface area contributed by atoms with Crippen molar-refractivity contribution in [2.24, 2.45) is 5.92 Å². The van der Waals surface area contributed by atoms with Crippen LogP contribution in [0, 0.1) is 5.92 Å². The summed E-state index contributed by atoms with van der Waals surface area (Å²) >= 11 is 0. The van der Waals surface area contributed by atoms with Crippen LogP contribution in [0.4, 0.5) is 0 Å². The number of hydrogen-bond acceptors (Lipinski definition) is 5. The number of nitrogens with zero attached hydrogens (tertiary/aromatic N) is 1. The van der Waals surface area contributed by atoms with E-state index in [2.05, 4.69) is 4.98 Å². The van der Waals surface area contributed by atoms with Crippen molar-refractivity contribution in [1.82, 2.24) is 4.98 Å². The molecule has 2 rings (SSSR count). The number of rotatable bonds is 3. The zero-order chi connectivity index (χ0) is 10.9. The van der Waals surface area contributed by atoms with Crippen LogP contribution < -0.4 is 0 Å². The quantitative estimate of drug-likeness (QED) is 0.704. The molecule has 0 aromatic carbocycles. The molecule has 1 aliphatic heterocycles. The Morgan fingerprint density at radius 1 is 1.60 bits per heavy atom. The van der Waals surface area contributed by atoms with Crippen molar-refractivity contribution in [1.29, 1.82) is 0 Å². The molecular formula is C9H11NO4S. The maximum absolute atomic E-state index is 11.2. The molecule has 1 unspecified atom stereocenters. The van der Waals surface area contributed by atoms with E-state index in [1.165, 1.54) is 6.20 Å². The molecule has 1 aromatic heterocycles. The van der Waals surface area contributed by atoms with Crippen molar-refractivity contribution in [3.05, 3.63) is 17.8 Å². The molecule has 0 spiro atoms. The zero-order valence-electron chi connectivity index (χ0n) is 8.05. The van der Waals surface area contributed by atoms with E-state index >= 15 is 0 Å². The average molecular weight is 229 g/mol. The Bertz CT molecular complexity index is 462. The highest BCUT2D eigenvalue weighted by Crippen LogP contribution is 2.22. The number of carbonyl (C=O) groups is 1. The van der Waals surface area contributed by atoms with Crippen LogP contribution in [0.1, 0.15) is 22.9 Å². The Balaban J connectivity index is 2.01. The third-order valence-corrected chi connectivity index (χ3v) is 4.31. The second-order valence-electron chi connectivity index (χ2n) is 3.75. The molecular weight excluding hydrogens is 218 g/mol. The minimum absolute atomic E-state index is 0.0770. The minimum Gasteiger partial charge on any atom is -0.438 e. The van der Waals surface area contributed by atoms with Crippen LogP contribution in [-0.4, -0.2) is 31.2 Å². The Morgan fingerprint density at radius 3 is 2.93 bits per heavy atom. The van der Waals surface area contributed by atoms with Gasteiger partial charge in [0.15, 0.2) is 27.8 Å². The van der Waals surface area contributed by atoms with Crippen LogP contribution in [0.25, 0.3) is 0 Å². The van der Waals surface area contributed by atoms with E-state index in [1.54, 1.807) is 0 Å². The van der Waals surface area contributed by atoms with E-state index in [9.17, 15) is 13.2 Å². The lowest BCUT2D eigenvalue weighted by molar-refractivity contribution is 0.109. The summed E-state index contributed by atoms with van der Waals surface area (Å²) in [5, 5.41) is 0. The second-order valence-corrected chi connectivity index (χ2v) is 5.98. The predicted molar refractivity (Wildman–Crippen MR) is 52.4 cm³/mol. The molecule has 1 aromatic rings. The van der Waals surface area contributed by atoms with Crippen molar-refractivity contribution in [3.63, 3.8) is 0 Å². The maximum Gasteiger partial charge on any atom is 0.195 e. The molecule has 1 saturated heterocycles. The van der Waals surface area contributed by atoms with E-state index in [0.717, 1.165) is 0 Å². The highest BCUT2D eigenvalue weighted by atomic mass is 32.2. The molecule has 2 heterocycles. The molecule has 82 valence electrons. The molecule has 15 heavy (non-hydrogen) atoms. The number of sulfone groups is 1. The summed E-state index contributed by atoms with van der Waals surface area (Å²) in [4.78, 5) is 14.2.